The highest BCUT2D eigenvalue weighted by Gasteiger charge is 2.32. The third-order valence-corrected chi connectivity index (χ3v) is 5.08. The molecule has 1 aromatic carbocycles. The molecule has 0 aliphatic carbocycles. The largest absolute Gasteiger partial charge is 0.457 e. The molecule has 1 unspecified atom stereocenters. The Morgan fingerprint density at radius 2 is 1.97 bits per heavy atom. The number of carbonyl (C=O) groups excluding carboxylic acids is 1. The van der Waals surface area contributed by atoms with Crippen LogP contribution in [0.15, 0.2) is 67.1 Å². The molecule has 160 valence electrons. The maximum Gasteiger partial charge on any atom is 0.249 e. The minimum Gasteiger partial charge on any atom is -0.457 e. The van der Waals surface area contributed by atoms with Crippen molar-refractivity contribution in [2.45, 2.75) is 19.1 Å². The zero-order valence-corrected chi connectivity index (χ0v) is 17.8. The third kappa shape index (κ3) is 5.25. The average molecular weight is 418 g/mol. The summed E-state index contributed by atoms with van der Waals surface area (Å²) in [6.07, 6.45) is 5.16. The van der Waals surface area contributed by atoms with Crippen molar-refractivity contribution < 1.29 is 14.3 Å². The van der Waals surface area contributed by atoms with Crippen molar-refractivity contribution in [3.8, 4) is 11.5 Å². The van der Waals surface area contributed by atoms with Crippen LogP contribution in [0.1, 0.15) is 22.9 Å². The molecule has 7 nitrogen and oxygen atoms in total. The number of rotatable bonds is 7. The lowest BCUT2D eigenvalue weighted by molar-refractivity contribution is -0.149. The van der Waals surface area contributed by atoms with Crippen LogP contribution in [0.4, 0.5) is 0 Å². The molecule has 0 N–H and O–H groups in total. The fourth-order valence-electron chi connectivity index (χ4n) is 3.62. The first-order valence-electron chi connectivity index (χ1n) is 10.2. The third-order valence-electron chi connectivity index (χ3n) is 5.08. The molecule has 1 amide bonds. The van der Waals surface area contributed by atoms with Gasteiger partial charge in [-0.25, -0.2) is 0 Å². The molecule has 1 aliphatic heterocycles. The predicted octanol–water partition coefficient (Wildman–Crippen LogP) is 3.43. The van der Waals surface area contributed by atoms with Gasteiger partial charge in [0.1, 0.15) is 18.1 Å². The van der Waals surface area contributed by atoms with Gasteiger partial charge in [0, 0.05) is 30.7 Å². The Morgan fingerprint density at radius 3 is 2.71 bits per heavy atom. The van der Waals surface area contributed by atoms with Crippen LogP contribution in [0, 0.1) is 0 Å². The maximum atomic E-state index is 12.7. The SMILES string of the molecule is CN(C)Cc1ccc(Oc2ccncc2C2COCC(=O)N2Cc2ccccn2)cc1. The van der Waals surface area contributed by atoms with Crippen molar-refractivity contribution in [3.63, 3.8) is 0 Å². The molecule has 1 saturated heterocycles. The Hall–Kier alpha value is -3.29. The predicted molar refractivity (Wildman–Crippen MR) is 116 cm³/mol. The van der Waals surface area contributed by atoms with E-state index in [9.17, 15) is 4.79 Å². The van der Waals surface area contributed by atoms with Crippen molar-refractivity contribution in [3.05, 3.63) is 83.9 Å². The van der Waals surface area contributed by atoms with Gasteiger partial charge in [0.25, 0.3) is 0 Å². The van der Waals surface area contributed by atoms with Crippen molar-refractivity contribution in [2.24, 2.45) is 0 Å². The fourth-order valence-corrected chi connectivity index (χ4v) is 3.62. The summed E-state index contributed by atoms with van der Waals surface area (Å²) in [6, 6.07) is 15.2. The van der Waals surface area contributed by atoms with Crippen molar-refractivity contribution in [2.75, 3.05) is 27.3 Å². The summed E-state index contributed by atoms with van der Waals surface area (Å²) in [4.78, 5) is 25.2. The molecule has 7 heteroatoms. The highest BCUT2D eigenvalue weighted by molar-refractivity contribution is 5.78. The second kappa shape index (κ2) is 9.68. The second-order valence-corrected chi connectivity index (χ2v) is 7.77. The lowest BCUT2D eigenvalue weighted by Crippen LogP contribution is -2.43. The van der Waals surface area contributed by atoms with E-state index < -0.39 is 0 Å². The number of amides is 1. The maximum absolute atomic E-state index is 12.7. The van der Waals surface area contributed by atoms with Gasteiger partial charge in [-0.2, -0.15) is 0 Å². The Bertz CT molecular complexity index is 1010. The van der Waals surface area contributed by atoms with E-state index in [0.717, 1.165) is 23.6 Å². The Balaban J connectivity index is 1.58. The Morgan fingerprint density at radius 1 is 1.13 bits per heavy atom. The van der Waals surface area contributed by atoms with Crippen LogP contribution in [0.3, 0.4) is 0 Å². The van der Waals surface area contributed by atoms with Gasteiger partial charge in [-0.15, -0.1) is 0 Å². The van der Waals surface area contributed by atoms with Crippen LogP contribution in [0.25, 0.3) is 0 Å². The molecule has 31 heavy (non-hydrogen) atoms. The number of carbonyl (C=O) groups is 1. The van der Waals surface area contributed by atoms with Gasteiger partial charge >= 0.3 is 0 Å². The van der Waals surface area contributed by atoms with E-state index in [1.807, 2.05) is 50.5 Å². The number of hydrogen-bond donors (Lipinski definition) is 0. The highest BCUT2D eigenvalue weighted by atomic mass is 16.5. The minimum atomic E-state index is -0.306. The first kappa shape index (κ1) is 21.0. The summed E-state index contributed by atoms with van der Waals surface area (Å²) in [6.45, 7) is 1.71. The fraction of sp³-hybridized carbons (Fsp3) is 0.292. The lowest BCUT2D eigenvalue weighted by Gasteiger charge is -2.36. The number of aromatic nitrogens is 2. The van der Waals surface area contributed by atoms with Crippen LogP contribution < -0.4 is 4.74 Å². The number of benzene rings is 1. The monoisotopic (exact) mass is 418 g/mol. The van der Waals surface area contributed by atoms with Gasteiger partial charge < -0.3 is 19.3 Å². The molecule has 0 saturated carbocycles. The van der Waals surface area contributed by atoms with E-state index in [4.69, 9.17) is 9.47 Å². The van der Waals surface area contributed by atoms with Crippen molar-refractivity contribution >= 4 is 5.91 Å². The summed E-state index contributed by atoms with van der Waals surface area (Å²) >= 11 is 0. The lowest BCUT2D eigenvalue weighted by atomic mass is 10.1. The van der Waals surface area contributed by atoms with Crippen molar-refractivity contribution in [1.29, 1.82) is 0 Å². The van der Waals surface area contributed by atoms with Crippen LogP contribution in [-0.2, 0) is 22.6 Å². The summed E-state index contributed by atoms with van der Waals surface area (Å²) in [7, 11) is 4.08. The first-order chi connectivity index (χ1) is 15.1. The topological polar surface area (TPSA) is 67.8 Å². The highest BCUT2D eigenvalue weighted by Crippen LogP contribution is 2.34. The smallest absolute Gasteiger partial charge is 0.249 e. The second-order valence-electron chi connectivity index (χ2n) is 7.77. The summed E-state index contributed by atoms with van der Waals surface area (Å²) < 4.78 is 11.8. The van der Waals surface area contributed by atoms with Gasteiger partial charge in [0.2, 0.25) is 5.91 Å². The van der Waals surface area contributed by atoms with Gasteiger partial charge in [-0.05, 0) is 50.0 Å². The van der Waals surface area contributed by atoms with Gasteiger partial charge in [-0.1, -0.05) is 18.2 Å². The summed E-state index contributed by atoms with van der Waals surface area (Å²) in [5.74, 6) is 1.31. The van der Waals surface area contributed by atoms with Crippen LogP contribution in [-0.4, -0.2) is 53.0 Å². The van der Waals surface area contributed by atoms with E-state index in [0.29, 0.717) is 18.9 Å². The Kier molecular flexibility index (Phi) is 6.54. The molecule has 0 bridgehead atoms. The summed E-state index contributed by atoms with van der Waals surface area (Å²) in [5, 5.41) is 0. The number of ether oxygens (including phenoxy) is 2. The number of nitrogens with zero attached hydrogens (tertiary/aromatic N) is 4. The molecule has 0 radical (unpaired) electrons. The zero-order chi connectivity index (χ0) is 21.6. The van der Waals surface area contributed by atoms with E-state index >= 15 is 0 Å². The molecule has 3 aromatic rings. The molecule has 1 atom stereocenters. The average Bonchev–Trinajstić information content (AvgIpc) is 2.77. The molecule has 4 rings (SSSR count). The van der Waals surface area contributed by atoms with E-state index in [1.165, 1.54) is 5.56 Å². The minimum absolute atomic E-state index is 0.0626. The molecular weight excluding hydrogens is 392 g/mol. The Labute approximate surface area is 182 Å². The van der Waals surface area contributed by atoms with Gasteiger partial charge in [0.05, 0.1) is 24.9 Å². The van der Waals surface area contributed by atoms with E-state index in [2.05, 4.69) is 27.0 Å². The van der Waals surface area contributed by atoms with Gasteiger partial charge in [0.15, 0.2) is 0 Å². The number of morpholine rings is 1. The van der Waals surface area contributed by atoms with E-state index in [-0.39, 0.29) is 18.6 Å². The first-order valence-corrected chi connectivity index (χ1v) is 10.2. The molecule has 3 heterocycles. The molecular formula is C24H26N4O3. The molecule has 1 fully saturated rings. The molecule has 1 aliphatic rings. The van der Waals surface area contributed by atoms with E-state index in [1.54, 1.807) is 23.5 Å². The van der Waals surface area contributed by atoms with Gasteiger partial charge in [-0.3, -0.25) is 14.8 Å². The van der Waals surface area contributed by atoms with Crippen molar-refractivity contribution in [1.82, 2.24) is 19.8 Å². The quantitative estimate of drug-likeness (QED) is 0.586. The molecule has 0 spiro atoms. The zero-order valence-electron chi connectivity index (χ0n) is 17.8. The molecule has 2 aromatic heterocycles. The number of pyridine rings is 2. The summed E-state index contributed by atoms with van der Waals surface area (Å²) in [5.41, 5.74) is 2.84. The van der Waals surface area contributed by atoms with Crippen LogP contribution >= 0.6 is 0 Å². The normalized spacial score (nSPS) is 16.5. The standard InChI is InChI=1S/C24H26N4O3/c1-27(2)14-18-6-8-20(9-7-18)31-23-10-12-25-13-21(23)22-16-30-17-24(29)28(22)15-19-5-3-4-11-26-19/h3-13,22H,14-17H2,1-2H3. The number of hydrogen-bond acceptors (Lipinski definition) is 6. The van der Waals surface area contributed by atoms with Crippen LogP contribution in [0.5, 0.6) is 11.5 Å². The van der Waals surface area contributed by atoms with Crippen LogP contribution in [0.2, 0.25) is 0 Å².